The predicted molar refractivity (Wildman–Crippen MR) is 84.3 cm³/mol. The summed E-state index contributed by atoms with van der Waals surface area (Å²) in [5, 5.41) is 3.41. The van der Waals surface area contributed by atoms with Crippen LogP contribution in [0.3, 0.4) is 0 Å². The second-order valence-corrected chi connectivity index (χ2v) is 5.88. The Hall–Kier alpha value is -2.33. The van der Waals surface area contributed by atoms with E-state index in [2.05, 4.69) is 5.32 Å². The van der Waals surface area contributed by atoms with Crippen LogP contribution in [-0.4, -0.2) is 16.8 Å². The number of nitrogens with zero attached hydrogens (tertiary/aromatic N) is 1. The lowest BCUT2D eigenvalue weighted by atomic mass is 9.92. The van der Waals surface area contributed by atoms with Crippen LogP contribution in [0.4, 0.5) is 4.79 Å². The summed E-state index contributed by atoms with van der Waals surface area (Å²) in [4.78, 5) is 26.2. The smallest absolute Gasteiger partial charge is 0.319 e. The van der Waals surface area contributed by atoms with Gasteiger partial charge in [0.25, 0.3) is 5.91 Å². The zero-order chi connectivity index (χ0) is 15.7. The summed E-state index contributed by atoms with van der Waals surface area (Å²) in [5.41, 5.74) is 0.599. The van der Waals surface area contributed by atoms with E-state index in [4.69, 9.17) is 11.6 Å². The standard InChI is InChI=1S/C17H15ClN2O2/c1-17(13-5-3-2-4-6-13)15(21)20(16(22)19-17)11-12-7-9-14(18)10-8-12/h2-10H,11H2,1H3,(H,19,22). The Bertz CT molecular complexity index is 715. The van der Waals surface area contributed by atoms with Crippen LogP contribution < -0.4 is 5.32 Å². The second kappa shape index (κ2) is 5.46. The number of hydrogen-bond acceptors (Lipinski definition) is 2. The number of hydrogen-bond donors (Lipinski definition) is 1. The van der Waals surface area contributed by atoms with Crippen molar-refractivity contribution in [2.24, 2.45) is 0 Å². The van der Waals surface area contributed by atoms with Crippen LogP contribution in [0.25, 0.3) is 0 Å². The molecule has 0 aromatic heterocycles. The minimum atomic E-state index is -1.02. The molecular weight excluding hydrogens is 300 g/mol. The largest absolute Gasteiger partial charge is 0.325 e. The van der Waals surface area contributed by atoms with Gasteiger partial charge in [0.2, 0.25) is 0 Å². The number of carbonyl (C=O) groups is 2. The number of benzene rings is 2. The molecule has 112 valence electrons. The molecule has 3 rings (SSSR count). The van der Waals surface area contributed by atoms with Crippen LogP contribution in [0.2, 0.25) is 5.02 Å². The number of carbonyl (C=O) groups excluding carboxylic acids is 2. The Morgan fingerprint density at radius 1 is 1.05 bits per heavy atom. The third kappa shape index (κ3) is 2.46. The van der Waals surface area contributed by atoms with Crippen LogP contribution in [0, 0.1) is 0 Å². The van der Waals surface area contributed by atoms with Crippen molar-refractivity contribution >= 4 is 23.5 Å². The summed E-state index contributed by atoms with van der Waals surface area (Å²) < 4.78 is 0. The van der Waals surface area contributed by atoms with E-state index in [1.165, 1.54) is 4.90 Å². The van der Waals surface area contributed by atoms with E-state index < -0.39 is 5.54 Å². The highest BCUT2D eigenvalue weighted by Gasteiger charge is 2.48. The summed E-state index contributed by atoms with van der Waals surface area (Å²) in [6.07, 6.45) is 0. The molecule has 1 aliphatic rings. The third-order valence-electron chi connectivity index (χ3n) is 3.88. The van der Waals surface area contributed by atoms with Crippen LogP contribution in [0.15, 0.2) is 54.6 Å². The van der Waals surface area contributed by atoms with E-state index in [0.717, 1.165) is 11.1 Å². The first-order chi connectivity index (χ1) is 10.5. The van der Waals surface area contributed by atoms with Crippen molar-refractivity contribution in [2.75, 3.05) is 0 Å². The van der Waals surface area contributed by atoms with Gasteiger partial charge in [-0.25, -0.2) is 4.79 Å². The Labute approximate surface area is 133 Å². The maximum absolute atomic E-state index is 12.7. The number of nitrogens with one attached hydrogen (secondary N) is 1. The average molecular weight is 315 g/mol. The first-order valence-electron chi connectivity index (χ1n) is 6.95. The van der Waals surface area contributed by atoms with E-state index in [9.17, 15) is 9.59 Å². The lowest BCUT2D eigenvalue weighted by Crippen LogP contribution is -2.40. The highest BCUT2D eigenvalue weighted by molar-refractivity contribution is 6.30. The Balaban J connectivity index is 1.87. The van der Waals surface area contributed by atoms with Gasteiger partial charge in [-0.05, 0) is 30.2 Å². The maximum Gasteiger partial charge on any atom is 0.325 e. The molecule has 0 saturated carbocycles. The molecular formula is C17H15ClN2O2. The van der Waals surface area contributed by atoms with Gasteiger partial charge in [-0.1, -0.05) is 54.1 Å². The first kappa shape index (κ1) is 14.6. The van der Waals surface area contributed by atoms with Gasteiger partial charge in [0, 0.05) is 5.02 Å². The SMILES string of the molecule is CC1(c2ccccc2)NC(=O)N(Cc2ccc(Cl)cc2)C1=O. The number of rotatable bonds is 3. The number of halogens is 1. The predicted octanol–water partition coefficient (Wildman–Crippen LogP) is 3.31. The van der Waals surface area contributed by atoms with Crippen LogP contribution in [0.1, 0.15) is 18.1 Å². The van der Waals surface area contributed by atoms with Crippen molar-refractivity contribution in [3.63, 3.8) is 0 Å². The van der Waals surface area contributed by atoms with Gasteiger partial charge in [0.1, 0.15) is 5.54 Å². The molecule has 0 radical (unpaired) electrons. The van der Waals surface area contributed by atoms with Gasteiger partial charge in [0.05, 0.1) is 6.54 Å². The summed E-state index contributed by atoms with van der Waals surface area (Å²) in [5.74, 6) is -0.251. The van der Waals surface area contributed by atoms with Crippen LogP contribution in [0.5, 0.6) is 0 Å². The van der Waals surface area contributed by atoms with Crippen LogP contribution in [-0.2, 0) is 16.9 Å². The van der Waals surface area contributed by atoms with Crippen molar-refractivity contribution in [3.05, 3.63) is 70.7 Å². The molecule has 0 bridgehead atoms. The molecule has 0 aliphatic carbocycles. The molecule has 3 amide bonds. The van der Waals surface area contributed by atoms with E-state index in [1.807, 2.05) is 30.3 Å². The van der Waals surface area contributed by atoms with Crippen molar-refractivity contribution in [1.82, 2.24) is 10.2 Å². The van der Waals surface area contributed by atoms with Gasteiger partial charge in [-0.15, -0.1) is 0 Å². The highest BCUT2D eigenvalue weighted by Crippen LogP contribution is 2.29. The summed E-state index contributed by atoms with van der Waals surface area (Å²) in [6.45, 7) is 1.95. The quantitative estimate of drug-likeness (QED) is 0.884. The molecule has 1 saturated heterocycles. The first-order valence-corrected chi connectivity index (χ1v) is 7.32. The number of imide groups is 1. The normalized spacial score (nSPS) is 21.1. The molecule has 0 spiro atoms. The fourth-order valence-corrected chi connectivity index (χ4v) is 2.71. The molecule has 1 atom stereocenters. The van der Waals surface area contributed by atoms with E-state index >= 15 is 0 Å². The van der Waals surface area contributed by atoms with E-state index in [-0.39, 0.29) is 18.5 Å². The lowest BCUT2D eigenvalue weighted by Gasteiger charge is -2.22. The third-order valence-corrected chi connectivity index (χ3v) is 4.13. The van der Waals surface area contributed by atoms with Gasteiger partial charge in [0.15, 0.2) is 0 Å². The topological polar surface area (TPSA) is 49.4 Å². The molecule has 2 aromatic rings. The Morgan fingerprint density at radius 3 is 2.32 bits per heavy atom. The average Bonchev–Trinajstić information content (AvgIpc) is 2.75. The van der Waals surface area contributed by atoms with Gasteiger partial charge in [-0.2, -0.15) is 0 Å². The lowest BCUT2D eigenvalue weighted by molar-refractivity contribution is -0.131. The fraction of sp³-hybridized carbons (Fsp3) is 0.176. The summed E-state index contributed by atoms with van der Waals surface area (Å²) in [7, 11) is 0. The summed E-state index contributed by atoms with van der Waals surface area (Å²) in [6, 6.07) is 16.0. The van der Waals surface area contributed by atoms with E-state index in [1.54, 1.807) is 31.2 Å². The molecule has 1 N–H and O–H groups in total. The van der Waals surface area contributed by atoms with Gasteiger partial charge < -0.3 is 5.32 Å². The second-order valence-electron chi connectivity index (χ2n) is 5.44. The van der Waals surface area contributed by atoms with Crippen molar-refractivity contribution in [2.45, 2.75) is 19.0 Å². The molecule has 4 nitrogen and oxygen atoms in total. The van der Waals surface area contributed by atoms with Gasteiger partial charge in [-0.3, -0.25) is 9.69 Å². The molecule has 5 heteroatoms. The molecule has 1 aliphatic heterocycles. The Kier molecular flexibility index (Phi) is 3.62. The molecule has 1 unspecified atom stereocenters. The monoisotopic (exact) mass is 314 g/mol. The minimum absolute atomic E-state index is 0.226. The minimum Gasteiger partial charge on any atom is -0.319 e. The Morgan fingerprint density at radius 2 is 1.68 bits per heavy atom. The fourth-order valence-electron chi connectivity index (χ4n) is 2.58. The maximum atomic E-state index is 12.7. The number of urea groups is 1. The summed E-state index contributed by atoms with van der Waals surface area (Å²) >= 11 is 5.85. The molecule has 2 aromatic carbocycles. The van der Waals surface area contributed by atoms with Crippen molar-refractivity contribution in [3.8, 4) is 0 Å². The van der Waals surface area contributed by atoms with Crippen molar-refractivity contribution in [1.29, 1.82) is 0 Å². The zero-order valence-electron chi connectivity index (χ0n) is 12.0. The molecule has 22 heavy (non-hydrogen) atoms. The van der Waals surface area contributed by atoms with Crippen molar-refractivity contribution < 1.29 is 9.59 Å². The highest BCUT2D eigenvalue weighted by atomic mass is 35.5. The molecule has 1 heterocycles. The van der Waals surface area contributed by atoms with E-state index in [0.29, 0.717) is 5.02 Å². The number of amides is 3. The van der Waals surface area contributed by atoms with Crippen LogP contribution >= 0.6 is 11.6 Å². The zero-order valence-corrected chi connectivity index (χ0v) is 12.8. The van der Waals surface area contributed by atoms with Gasteiger partial charge >= 0.3 is 6.03 Å². The molecule has 1 fully saturated rings.